The van der Waals surface area contributed by atoms with E-state index >= 15 is 0 Å². The molecule has 0 amide bonds. The van der Waals surface area contributed by atoms with Crippen molar-refractivity contribution in [3.05, 3.63) is 50.7 Å². The lowest BCUT2D eigenvalue weighted by atomic mass is 9.97. The predicted octanol–water partition coefficient (Wildman–Crippen LogP) is 3.11. The van der Waals surface area contributed by atoms with E-state index in [1.807, 2.05) is 11.3 Å². The van der Waals surface area contributed by atoms with Gasteiger partial charge in [-0.25, -0.2) is 5.43 Å². The van der Waals surface area contributed by atoms with Crippen molar-refractivity contribution in [2.45, 2.75) is 38.1 Å². The minimum Gasteiger partial charge on any atom is -0.493 e. The molecule has 0 bridgehead atoms. The number of ether oxygens (including phenoxy) is 1. The van der Waals surface area contributed by atoms with Crippen LogP contribution in [0.4, 0.5) is 0 Å². The van der Waals surface area contributed by atoms with Crippen molar-refractivity contribution in [1.82, 2.24) is 5.43 Å². The van der Waals surface area contributed by atoms with Crippen molar-refractivity contribution in [1.29, 1.82) is 0 Å². The van der Waals surface area contributed by atoms with Crippen LogP contribution in [0.25, 0.3) is 0 Å². The number of para-hydroxylation sites is 1. The number of hydrogen-bond acceptors (Lipinski definition) is 4. The van der Waals surface area contributed by atoms with Crippen molar-refractivity contribution in [3.63, 3.8) is 0 Å². The average Bonchev–Trinajstić information content (AvgIpc) is 3.14. The van der Waals surface area contributed by atoms with Crippen molar-refractivity contribution >= 4 is 11.3 Å². The standard InChI is InChI=1S/C17H20N2OS/c18-19-16(13-6-3-5-11-8-9-20-17(11)13)15-10-12-4-1-2-7-14(12)21-15/h3,5-6,10,16,19H,1-2,4,7-9,18H2. The molecule has 0 saturated heterocycles. The summed E-state index contributed by atoms with van der Waals surface area (Å²) in [5, 5.41) is 0. The first-order valence-electron chi connectivity index (χ1n) is 7.69. The fraction of sp³-hybridized carbons (Fsp3) is 0.412. The van der Waals surface area contributed by atoms with Gasteiger partial charge in [0.1, 0.15) is 5.75 Å². The first-order valence-corrected chi connectivity index (χ1v) is 8.50. The van der Waals surface area contributed by atoms with Crippen LogP contribution in [0.5, 0.6) is 5.75 Å². The van der Waals surface area contributed by atoms with Gasteiger partial charge in [-0.3, -0.25) is 5.84 Å². The molecule has 1 unspecified atom stereocenters. The molecule has 1 aromatic heterocycles. The summed E-state index contributed by atoms with van der Waals surface area (Å²) in [6.07, 6.45) is 6.07. The third kappa shape index (κ3) is 2.27. The molecule has 1 aliphatic heterocycles. The van der Waals surface area contributed by atoms with E-state index in [0.29, 0.717) is 0 Å². The van der Waals surface area contributed by atoms with Crippen molar-refractivity contribution in [2.75, 3.05) is 6.61 Å². The molecule has 4 rings (SSSR count). The van der Waals surface area contributed by atoms with E-state index in [-0.39, 0.29) is 6.04 Å². The van der Waals surface area contributed by atoms with Crippen LogP contribution in [-0.2, 0) is 19.3 Å². The molecule has 110 valence electrons. The number of nitrogens with one attached hydrogen (secondary N) is 1. The maximum Gasteiger partial charge on any atom is 0.127 e. The van der Waals surface area contributed by atoms with Crippen LogP contribution in [0, 0.1) is 0 Å². The Bertz CT molecular complexity index is 641. The fourth-order valence-electron chi connectivity index (χ4n) is 3.45. The number of fused-ring (bicyclic) bond motifs is 2. The zero-order chi connectivity index (χ0) is 14.2. The van der Waals surface area contributed by atoms with Crippen LogP contribution >= 0.6 is 11.3 Å². The zero-order valence-electron chi connectivity index (χ0n) is 12.0. The molecule has 1 aliphatic carbocycles. The van der Waals surface area contributed by atoms with Crippen LogP contribution in [0.1, 0.15) is 45.3 Å². The van der Waals surface area contributed by atoms with E-state index in [4.69, 9.17) is 10.6 Å². The molecule has 3 N–H and O–H groups in total. The largest absolute Gasteiger partial charge is 0.493 e. The van der Waals surface area contributed by atoms with E-state index in [9.17, 15) is 0 Å². The third-order valence-electron chi connectivity index (χ3n) is 4.52. The molecule has 1 aromatic carbocycles. The van der Waals surface area contributed by atoms with Crippen molar-refractivity contribution in [3.8, 4) is 5.75 Å². The highest BCUT2D eigenvalue weighted by atomic mass is 32.1. The molecule has 3 nitrogen and oxygen atoms in total. The Morgan fingerprint density at radius 2 is 2.05 bits per heavy atom. The van der Waals surface area contributed by atoms with Gasteiger partial charge < -0.3 is 4.74 Å². The third-order valence-corrected chi connectivity index (χ3v) is 5.82. The number of rotatable bonds is 3. The molecular weight excluding hydrogens is 280 g/mol. The summed E-state index contributed by atoms with van der Waals surface area (Å²) in [4.78, 5) is 2.86. The van der Waals surface area contributed by atoms with Crippen LogP contribution in [0.3, 0.4) is 0 Å². The topological polar surface area (TPSA) is 47.3 Å². The molecule has 2 heterocycles. The number of thiophene rings is 1. The normalized spacial score (nSPS) is 18.0. The Hall–Kier alpha value is -1.36. The summed E-state index contributed by atoms with van der Waals surface area (Å²) in [7, 11) is 0. The van der Waals surface area contributed by atoms with Gasteiger partial charge in [-0.2, -0.15) is 0 Å². The molecular formula is C17H20N2OS. The maximum atomic E-state index is 5.89. The second kappa shape index (κ2) is 5.44. The molecule has 0 fully saturated rings. The van der Waals surface area contributed by atoms with Gasteiger partial charge in [0.05, 0.1) is 12.6 Å². The molecule has 0 spiro atoms. The fourth-order valence-corrected chi connectivity index (χ4v) is 4.79. The van der Waals surface area contributed by atoms with Crippen LogP contribution in [0.2, 0.25) is 0 Å². The highest BCUT2D eigenvalue weighted by molar-refractivity contribution is 7.12. The number of nitrogens with two attached hydrogens (primary N) is 1. The van der Waals surface area contributed by atoms with Crippen molar-refractivity contribution in [2.24, 2.45) is 5.84 Å². The summed E-state index contributed by atoms with van der Waals surface area (Å²) in [6.45, 7) is 0.782. The van der Waals surface area contributed by atoms with Gasteiger partial charge >= 0.3 is 0 Å². The van der Waals surface area contributed by atoms with Crippen LogP contribution in [-0.4, -0.2) is 6.61 Å². The van der Waals surface area contributed by atoms with Gasteiger partial charge in [-0.05, 0) is 42.9 Å². The minimum absolute atomic E-state index is 0.0358. The first-order chi connectivity index (χ1) is 10.4. The lowest BCUT2D eigenvalue weighted by molar-refractivity contribution is 0.350. The monoisotopic (exact) mass is 300 g/mol. The molecule has 2 aliphatic rings. The lowest BCUT2D eigenvalue weighted by Gasteiger charge is -2.17. The summed E-state index contributed by atoms with van der Waals surface area (Å²) < 4.78 is 5.84. The van der Waals surface area contributed by atoms with E-state index < -0.39 is 0 Å². The molecule has 0 saturated carbocycles. The maximum absolute atomic E-state index is 5.89. The molecule has 2 aromatic rings. The van der Waals surface area contributed by atoms with E-state index in [1.54, 1.807) is 4.88 Å². The van der Waals surface area contributed by atoms with Gasteiger partial charge in [0.15, 0.2) is 0 Å². The van der Waals surface area contributed by atoms with Gasteiger partial charge in [0.25, 0.3) is 0 Å². The predicted molar refractivity (Wildman–Crippen MR) is 85.8 cm³/mol. The van der Waals surface area contributed by atoms with Gasteiger partial charge in [-0.1, -0.05) is 18.2 Å². The summed E-state index contributed by atoms with van der Waals surface area (Å²) in [6, 6.07) is 8.78. The van der Waals surface area contributed by atoms with Gasteiger partial charge in [0, 0.05) is 21.7 Å². The number of benzene rings is 1. The molecule has 0 radical (unpaired) electrons. The Morgan fingerprint density at radius 1 is 1.14 bits per heavy atom. The van der Waals surface area contributed by atoms with E-state index in [2.05, 4.69) is 29.7 Å². The Kier molecular flexibility index (Phi) is 3.45. The SMILES string of the molecule is NNC(c1cc2c(s1)CCCC2)c1cccc2c1OCC2. The highest BCUT2D eigenvalue weighted by Gasteiger charge is 2.25. The summed E-state index contributed by atoms with van der Waals surface area (Å²) >= 11 is 1.91. The lowest BCUT2D eigenvalue weighted by Crippen LogP contribution is -2.28. The number of aryl methyl sites for hydroxylation is 2. The molecule has 21 heavy (non-hydrogen) atoms. The number of hydrazine groups is 1. The van der Waals surface area contributed by atoms with Crippen LogP contribution < -0.4 is 16.0 Å². The zero-order valence-corrected chi connectivity index (χ0v) is 12.8. The van der Waals surface area contributed by atoms with E-state index in [1.165, 1.54) is 47.3 Å². The smallest absolute Gasteiger partial charge is 0.127 e. The molecule has 1 atom stereocenters. The Labute approximate surface area is 129 Å². The summed E-state index contributed by atoms with van der Waals surface area (Å²) in [5.74, 6) is 6.92. The summed E-state index contributed by atoms with van der Waals surface area (Å²) in [5.41, 5.74) is 7.00. The second-order valence-electron chi connectivity index (χ2n) is 5.84. The first kappa shape index (κ1) is 13.3. The Balaban J connectivity index is 1.75. The van der Waals surface area contributed by atoms with Gasteiger partial charge in [0.2, 0.25) is 0 Å². The Morgan fingerprint density at radius 3 is 2.90 bits per heavy atom. The van der Waals surface area contributed by atoms with Crippen molar-refractivity contribution < 1.29 is 4.74 Å². The second-order valence-corrected chi connectivity index (χ2v) is 7.01. The van der Waals surface area contributed by atoms with E-state index in [0.717, 1.165) is 18.8 Å². The number of hydrogen-bond donors (Lipinski definition) is 2. The van der Waals surface area contributed by atoms with Crippen LogP contribution in [0.15, 0.2) is 24.3 Å². The van der Waals surface area contributed by atoms with Gasteiger partial charge in [-0.15, -0.1) is 11.3 Å². The average molecular weight is 300 g/mol. The quantitative estimate of drug-likeness (QED) is 0.676. The minimum atomic E-state index is 0.0358. The highest BCUT2D eigenvalue weighted by Crippen LogP contribution is 2.40. The molecule has 4 heteroatoms.